The van der Waals surface area contributed by atoms with Gasteiger partial charge in [-0.1, -0.05) is 30.2 Å². The van der Waals surface area contributed by atoms with Crippen molar-refractivity contribution >= 4 is 0 Å². The van der Waals surface area contributed by atoms with E-state index in [0.29, 0.717) is 0 Å². The molecule has 118 valence electrons. The van der Waals surface area contributed by atoms with Crippen LogP contribution in [-0.4, -0.2) is 0 Å². The highest BCUT2D eigenvalue weighted by Crippen LogP contribution is 2.46. The Morgan fingerprint density at radius 1 is 0.636 bits per heavy atom. The molecule has 0 bridgehead atoms. The Morgan fingerprint density at radius 2 is 1.41 bits per heavy atom. The van der Waals surface area contributed by atoms with Gasteiger partial charge in [0.2, 0.25) is 0 Å². The first-order valence-electron chi connectivity index (χ1n) is 9.74. The van der Waals surface area contributed by atoms with Crippen LogP contribution in [0.15, 0.2) is 46.1 Å². The molecule has 0 radical (unpaired) electrons. The Balaban J connectivity index is 1.79. The van der Waals surface area contributed by atoms with Crippen LogP contribution in [0.4, 0.5) is 0 Å². The van der Waals surface area contributed by atoms with Crippen molar-refractivity contribution in [1.29, 1.82) is 0 Å². The van der Waals surface area contributed by atoms with Gasteiger partial charge >= 0.3 is 0 Å². The van der Waals surface area contributed by atoms with Gasteiger partial charge in [0.05, 0.1) is 0 Å². The SMILES string of the molecule is C1=C(C2=C(C3=CCCC3)C(C3=CCC3)CCCC2)CCCC1. The van der Waals surface area contributed by atoms with Crippen molar-refractivity contribution in [3.63, 3.8) is 0 Å². The Labute approximate surface area is 136 Å². The van der Waals surface area contributed by atoms with E-state index in [1.165, 1.54) is 83.5 Å². The van der Waals surface area contributed by atoms with Crippen molar-refractivity contribution < 1.29 is 0 Å². The van der Waals surface area contributed by atoms with Gasteiger partial charge in [0.25, 0.3) is 0 Å². The summed E-state index contributed by atoms with van der Waals surface area (Å²) >= 11 is 0. The third-order valence-corrected chi connectivity index (χ3v) is 6.20. The molecule has 1 atom stereocenters. The van der Waals surface area contributed by atoms with Crippen LogP contribution < -0.4 is 0 Å². The fourth-order valence-corrected chi connectivity index (χ4v) is 4.92. The van der Waals surface area contributed by atoms with E-state index in [-0.39, 0.29) is 0 Å². The van der Waals surface area contributed by atoms with Crippen molar-refractivity contribution in [2.75, 3.05) is 0 Å². The van der Waals surface area contributed by atoms with Gasteiger partial charge in [-0.15, -0.1) is 0 Å². The topological polar surface area (TPSA) is 0 Å². The van der Waals surface area contributed by atoms with Gasteiger partial charge in [-0.3, -0.25) is 0 Å². The smallest absolute Gasteiger partial charge is 0.00537 e. The van der Waals surface area contributed by atoms with E-state index in [0.717, 1.165) is 5.92 Å². The fraction of sp³-hybridized carbons (Fsp3) is 0.636. The maximum Gasteiger partial charge on any atom is 0.00537 e. The lowest BCUT2D eigenvalue weighted by Gasteiger charge is -2.30. The molecule has 0 heteroatoms. The molecule has 0 aromatic heterocycles. The van der Waals surface area contributed by atoms with Gasteiger partial charge in [-0.25, -0.2) is 0 Å². The molecule has 0 aliphatic heterocycles. The monoisotopic (exact) mass is 294 g/mol. The van der Waals surface area contributed by atoms with Crippen molar-refractivity contribution in [2.45, 2.75) is 83.5 Å². The van der Waals surface area contributed by atoms with Gasteiger partial charge in [0.1, 0.15) is 0 Å². The zero-order chi connectivity index (χ0) is 14.8. The molecule has 0 spiro atoms. The molecule has 0 heterocycles. The molecule has 1 unspecified atom stereocenters. The van der Waals surface area contributed by atoms with Crippen LogP contribution in [0.3, 0.4) is 0 Å². The predicted molar refractivity (Wildman–Crippen MR) is 94.8 cm³/mol. The van der Waals surface area contributed by atoms with Crippen molar-refractivity contribution in [3.05, 3.63) is 46.1 Å². The van der Waals surface area contributed by atoms with Crippen LogP contribution >= 0.6 is 0 Å². The first kappa shape index (κ1) is 14.5. The second-order valence-electron chi connectivity index (χ2n) is 7.61. The van der Waals surface area contributed by atoms with E-state index in [1.54, 1.807) is 22.3 Å². The van der Waals surface area contributed by atoms with Crippen molar-refractivity contribution in [3.8, 4) is 0 Å². The van der Waals surface area contributed by atoms with Crippen LogP contribution in [-0.2, 0) is 0 Å². The second kappa shape index (κ2) is 6.60. The molecule has 4 rings (SSSR count). The Kier molecular flexibility index (Phi) is 4.37. The number of hydrogen-bond acceptors (Lipinski definition) is 0. The quantitative estimate of drug-likeness (QED) is 0.502. The Hall–Kier alpha value is -1.04. The molecule has 0 fully saturated rings. The molecular weight excluding hydrogens is 264 g/mol. The minimum atomic E-state index is 0.776. The van der Waals surface area contributed by atoms with E-state index in [4.69, 9.17) is 0 Å². The standard InChI is InChI=1S/C22H30/c1-2-9-17(10-3-1)20-15-6-7-16-21(18-13-8-14-18)22(20)19-11-4-5-12-19/h9,11,13,21H,1-8,10,12,14-16H2. The van der Waals surface area contributed by atoms with Crippen LogP contribution in [0.25, 0.3) is 0 Å². The lowest BCUT2D eigenvalue weighted by atomic mass is 9.74. The Morgan fingerprint density at radius 3 is 2.09 bits per heavy atom. The van der Waals surface area contributed by atoms with Gasteiger partial charge in [0, 0.05) is 5.92 Å². The molecule has 0 amide bonds. The highest BCUT2D eigenvalue weighted by atomic mass is 14.3. The predicted octanol–water partition coefficient (Wildman–Crippen LogP) is 6.80. The molecule has 0 saturated carbocycles. The minimum absolute atomic E-state index is 0.776. The van der Waals surface area contributed by atoms with Gasteiger partial charge in [0.15, 0.2) is 0 Å². The average Bonchev–Trinajstić information content (AvgIpc) is 2.94. The average molecular weight is 294 g/mol. The van der Waals surface area contributed by atoms with Crippen LogP contribution in [0.2, 0.25) is 0 Å². The summed E-state index contributed by atoms with van der Waals surface area (Å²) in [6.07, 6.45) is 25.5. The molecule has 4 aliphatic rings. The maximum absolute atomic E-state index is 2.59. The first-order valence-corrected chi connectivity index (χ1v) is 9.74. The highest BCUT2D eigenvalue weighted by molar-refractivity contribution is 5.51. The lowest BCUT2D eigenvalue weighted by Crippen LogP contribution is -2.15. The molecule has 0 N–H and O–H groups in total. The molecule has 22 heavy (non-hydrogen) atoms. The van der Waals surface area contributed by atoms with E-state index in [2.05, 4.69) is 18.2 Å². The fourth-order valence-electron chi connectivity index (χ4n) is 4.92. The summed E-state index contributed by atoms with van der Waals surface area (Å²) in [6, 6.07) is 0. The number of allylic oxidation sites excluding steroid dienone is 8. The zero-order valence-electron chi connectivity index (χ0n) is 14.0. The summed E-state index contributed by atoms with van der Waals surface area (Å²) in [6.45, 7) is 0. The summed E-state index contributed by atoms with van der Waals surface area (Å²) in [5.41, 5.74) is 8.86. The largest absolute Gasteiger partial charge is 0.0844 e. The first-order chi connectivity index (χ1) is 10.9. The maximum atomic E-state index is 2.59. The summed E-state index contributed by atoms with van der Waals surface area (Å²) < 4.78 is 0. The van der Waals surface area contributed by atoms with Crippen molar-refractivity contribution in [1.82, 2.24) is 0 Å². The van der Waals surface area contributed by atoms with E-state index < -0.39 is 0 Å². The molecule has 0 nitrogen and oxygen atoms in total. The molecule has 0 aromatic carbocycles. The normalized spacial score (nSPS) is 29.5. The summed E-state index contributed by atoms with van der Waals surface area (Å²) in [5.74, 6) is 0.776. The Bertz CT molecular complexity index is 553. The summed E-state index contributed by atoms with van der Waals surface area (Å²) in [7, 11) is 0. The van der Waals surface area contributed by atoms with Crippen LogP contribution in [0.1, 0.15) is 83.5 Å². The third kappa shape index (κ3) is 2.77. The second-order valence-corrected chi connectivity index (χ2v) is 7.61. The molecule has 0 saturated heterocycles. The van der Waals surface area contributed by atoms with Crippen LogP contribution in [0, 0.1) is 5.92 Å². The van der Waals surface area contributed by atoms with E-state index in [1.807, 2.05) is 5.57 Å². The van der Waals surface area contributed by atoms with Gasteiger partial charge in [-0.05, 0) is 99.3 Å². The molecule has 4 aliphatic carbocycles. The van der Waals surface area contributed by atoms with Gasteiger partial charge < -0.3 is 0 Å². The zero-order valence-corrected chi connectivity index (χ0v) is 14.0. The van der Waals surface area contributed by atoms with E-state index >= 15 is 0 Å². The lowest BCUT2D eigenvalue weighted by molar-refractivity contribution is 0.566. The summed E-state index contributed by atoms with van der Waals surface area (Å²) in [4.78, 5) is 0. The molecular formula is C22H30. The van der Waals surface area contributed by atoms with Gasteiger partial charge in [-0.2, -0.15) is 0 Å². The third-order valence-electron chi connectivity index (χ3n) is 6.20. The van der Waals surface area contributed by atoms with Crippen LogP contribution in [0.5, 0.6) is 0 Å². The van der Waals surface area contributed by atoms with Crippen molar-refractivity contribution in [2.24, 2.45) is 5.92 Å². The number of rotatable bonds is 3. The summed E-state index contributed by atoms with van der Waals surface area (Å²) in [5, 5.41) is 0. The molecule has 0 aromatic rings. The van der Waals surface area contributed by atoms with E-state index in [9.17, 15) is 0 Å². The minimum Gasteiger partial charge on any atom is -0.0844 e. The number of hydrogen-bond donors (Lipinski definition) is 0. The highest BCUT2D eigenvalue weighted by Gasteiger charge is 2.30.